The number of methoxy groups -OCH3 is 2. The van der Waals surface area contributed by atoms with Gasteiger partial charge in [0.2, 0.25) is 0 Å². The van der Waals surface area contributed by atoms with Crippen molar-refractivity contribution >= 4 is 41.5 Å². The van der Waals surface area contributed by atoms with Gasteiger partial charge < -0.3 is 19.3 Å². The van der Waals surface area contributed by atoms with Gasteiger partial charge in [-0.05, 0) is 23.6 Å². The zero-order valence-corrected chi connectivity index (χ0v) is 17.6. The maximum Gasteiger partial charge on any atom is 0.508 e. The van der Waals surface area contributed by atoms with Gasteiger partial charge in [0.25, 0.3) is 0 Å². The van der Waals surface area contributed by atoms with Crippen molar-refractivity contribution in [2.24, 2.45) is 0 Å². The van der Waals surface area contributed by atoms with Gasteiger partial charge in [-0.1, -0.05) is 29.8 Å². The van der Waals surface area contributed by atoms with E-state index in [9.17, 15) is 19.5 Å². The number of carbonyl (C=O) groups is 3. The van der Waals surface area contributed by atoms with Crippen LogP contribution in [-0.4, -0.2) is 66.6 Å². The van der Waals surface area contributed by atoms with E-state index in [1.54, 1.807) is 24.3 Å². The van der Waals surface area contributed by atoms with Gasteiger partial charge in [0.15, 0.2) is 0 Å². The Morgan fingerprint density at radius 3 is 2.66 bits per heavy atom. The Morgan fingerprint density at radius 1 is 1.31 bits per heavy atom. The smallest absolute Gasteiger partial charge is 0.478 e. The number of ether oxygens (including phenoxy) is 3. The summed E-state index contributed by atoms with van der Waals surface area (Å²) in [6, 6.07) is 6.21. The first-order valence-electron chi connectivity index (χ1n) is 8.69. The highest BCUT2D eigenvalue weighted by Crippen LogP contribution is 2.35. The van der Waals surface area contributed by atoms with Gasteiger partial charge in [-0.25, -0.2) is 14.4 Å². The number of halogens is 1. The Morgan fingerprint density at radius 2 is 2.03 bits per heavy atom. The number of esters is 1. The van der Waals surface area contributed by atoms with E-state index >= 15 is 0 Å². The first-order valence-corrected chi connectivity index (χ1v) is 10.1. The minimum atomic E-state index is -1.09. The van der Waals surface area contributed by atoms with E-state index in [0.717, 1.165) is 6.08 Å². The first kappa shape index (κ1) is 23.1. The van der Waals surface area contributed by atoms with Crippen LogP contribution in [0.4, 0.5) is 4.79 Å². The molecule has 0 amide bonds. The normalized spacial score (nSPS) is 19.4. The fourth-order valence-electron chi connectivity index (χ4n) is 3.10. The largest absolute Gasteiger partial charge is 0.508 e. The molecule has 1 aliphatic heterocycles. The molecule has 0 bridgehead atoms. The summed E-state index contributed by atoms with van der Waals surface area (Å²) in [4.78, 5) is 36.8. The van der Waals surface area contributed by atoms with E-state index in [4.69, 9.17) is 21.1 Å². The van der Waals surface area contributed by atoms with Crippen molar-refractivity contribution in [1.29, 1.82) is 0 Å². The van der Waals surface area contributed by atoms with E-state index in [0.29, 0.717) is 29.1 Å². The maximum atomic E-state index is 12.5. The van der Waals surface area contributed by atoms with E-state index < -0.39 is 24.1 Å². The fraction of sp³-hybridized carbons (Fsp3) is 0.421. The molecule has 1 aliphatic rings. The van der Waals surface area contributed by atoms with Crippen LogP contribution in [0.15, 0.2) is 35.9 Å². The minimum Gasteiger partial charge on any atom is -0.478 e. The number of hydrogen-bond acceptors (Lipinski definition) is 8. The van der Waals surface area contributed by atoms with Crippen molar-refractivity contribution in [2.45, 2.75) is 17.7 Å². The Kier molecular flexibility index (Phi) is 8.81. The molecule has 0 aromatic heterocycles. The average molecular weight is 444 g/mol. The molecule has 1 heterocycles. The van der Waals surface area contributed by atoms with Gasteiger partial charge in [0.05, 0.1) is 14.2 Å². The molecule has 0 aliphatic carbocycles. The second-order valence-corrected chi connectivity index (χ2v) is 7.68. The molecule has 29 heavy (non-hydrogen) atoms. The molecule has 2 atom stereocenters. The molecule has 158 valence electrons. The lowest BCUT2D eigenvalue weighted by Gasteiger charge is -2.37. The van der Waals surface area contributed by atoms with Crippen LogP contribution in [0.1, 0.15) is 18.0 Å². The van der Waals surface area contributed by atoms with Crippen molar-refractivity contribution in [2.75, 3.05) is 33.2 Å². The Hall–Kier alpha value is -2.23. The third-order valence-electron chi connectivity index (χ3n) is 4.39. The minimum absolute atomic E-state index is 0.0270. The van der Waals surface area contributed by atoms with Gasteiger partial charge >= 0.3 is 18.1 Å². The van der Waals surface area contributed by atoms with Crippen LogP contribution in [0.25, 0.3) is 0 Å². The molecule has 10 heteroatoms. The highest BCUT2D eigenvalue weighted by molar-refractivity contribution is 7.99. The highest BCUT2D eigenvalue weighted by atomic mass is 35.5. The van der Waals surface area contributed by atoms with E-state index in [-0.39, 0.29) is 17.7 Å². The average Bonchev–Trinajstić information content (AvgIpc) is 2.70. The van der Waals surface area contributed by atoms with E-state index in [2.05, 4.69) is 4.74 Å². The van der Waals surface area contributed by atoms with Crippen LogP contribution in [0.2, 0.25) is 5.02 Å². The molecule has 0 saturated carbocycles. The molecule has 1 fully saturated rings. The SMILES string of the molecule is COC(=O)OCS[C@H]1CCN([C@H](C(=O)OC)c2ccccc2Cl)C/C1=C/C(=O)O. The quantitative estimate of drug-likeness (QED) is 0.386. The highest BCUT2D eigenvalue weighted by Gasteiger charge is 2.35. The van der Waals surface area contributed by atoms with Crippen molar-refractivity contribution in [3.05, 3.63) is 46.5 Å². The predicted octanol–water partition coefficient (Wildman–Crippen LogP) is 3.11. The summed E-state index contributed by atoms with van der Waals surface area (Å²) in [5, 5.41) is 9.50. The summed E-state index contributed by atoms with van der Waals surface area (Å²) in [5.74, 6) is -1.54. The second-order valence-electron chi connectivity index (χ2n) is 6.14. The van der Waals surface area contributed by atoms with Crippen LogP contribution < -0.4 is 0 Å². The summed E-state index contributed by atoms with van der Waals surface area (Å²) >= 11 is 7.59. The van der Waals surface area contributed by atoms with Crippen LogP contribution in [-0.2, 0) is 23.8 Å². The number of carboxylic acid groups (broad SMARTS) is 1. The van der Waals surface area contributed by atoms with Crippen LogP contribution in [0, 0.1) is 0 Å². The zero-order valence-electron chi connectivity index (χ0n) is 16.0. The van der Waals surface area contributed by atoms with Crippen molar-refractivity contribution in [1.82, 2.24) is 4.90 Å². The zero-order chi connectivity index (χ0) is 21.4. The molecule has 1 saturated heterocycles. The molecule has 2 rings (SSSR count). The molecule has 1 aromatic carbocycles. The Labute approximate surface area is 177 Å². The van der Waals surface area contributed by atoms with Gasteiger partial charge in [-0.15, -0.1) is 11.8 Å². The third kappa shape index (κ3) is 6.38. The molecule has 0 radical (unpaired) electrons. The summed E-state index contributed by atoms with van der Waals surface area (Å²) in [6.07, 6.45) is 0.873. The number of benzene rings is 1. The van der Waals surface area contributed by atoms with Gasteiger partial charge in [-0.2, -0.15) is 0 Å². The number of piperidine rings is 1. The molecule has 0 unspecified atom stereocenters. The van der Waals surface area contributed by atoms with E-state index in [1.807, 2.05) is 4.90 Å². The Bertz CT molecular complexity index is 786. The lowest BCUT2D eigenvalue weighted by atomic mass is 9.98. The molecule has 0 spiro atoms. The van der Waals surface area contributed by atoms with Crippen LogP contribution in [0.3, 0.4) is 0 Å². The number of nitrogens with zero attached hydrogens (tertiary/aromatic N) is 1. The number of likely N-dealkylation sites (tertiary alicyclic amines) is 1. The molecule has 1 aromatic rings. The van der Waals surface area contributed by atoms with E-state index in [1.165, 1.54) is 26.0 Å². The van der Waals surface area contributed by atoms with Crippen LogP contribution >= 0.6 is 23.4 Å². The number of carbonyl (C=O) groups excluding carboxylic acids is 2. The standard InChI is InChI=1S/C19H22ClNO7S/c1-26-18(24)17(13-5-3-4-6-14(13)20)21-8-7-15(12(10-21)9-16(22)23)29-11-28-19(25)27-2/h3-6,9,15,17H,7-8,10-11H2,1-2H3,(H,22,23)/b12-9-/t15-,17-/m0/s1. The third-order valence-corrected chi connectivity index (χ3v) is 5.93. The number of aliphatic carboxylic acids is 1. The fourth-order valence-corrected chi connectivity index (χ4v) is 4.29. The summed E-state index contributed by atoms with van der Waals surface area (Å²) in [5.41, 5.74) is 1.19. The summed E-state index contributed by atoms with van der Waals surface area (Å²) in [7, 11) is 2.51. The van der Waals surface area contributed by atoms with Gasteiger partial charge in [-0.3, -0.25) is 4.90 Å². The monoisotopic (exact) mass is 443 g/mol. The molecular weight excluding hydrogens is 422 g/mol. The Balaban J connectivity index is 2.22. The topological polar surface area (TPSA) is 102 Å². The molecular formula is C19H22ClNO7S. The van der Waals surface area contributed by atoms with Crippen molar-refractivity contribution in [3.8, 4) is 0 Å². The number of hydrogen-bond donors (Lipinski definition) is 1. The number of thioether (sulfide) groups is 1. The lowest BCUT2D eigenvalue weighted by molar-refractivity contribution is -0.147. The maximum absolute atomic E-state index is 12.5. The number of carboxylic acids is 1. The first-order chi connectivity index (χ1) is 13.9. The van der Waals surface area contributed by atoms with Crippen molar-refractivity contribution < 1.29 is 33.7 Å². The number of rotatable bonds is 7. The summed E-state index contributed by atoms with van der Waals surface area (Å²) in [6.45, 7) is 0.727. The van der Waals surface area contributed by atoms with Gasteiger partial charge in [0, 0.05) is 29.4 Å². The molecule has 1 N–H and O–H groups in total. The van der Waals surface area contributed by atoms with Gasteiger partial charge in [0.1, 0.15) is 12.0 Å². The molecule has 8 nitrogen and oxygen atoms in total. The van der Waals surface area contributed by atoms with Crippen molar-refractivity contribution in [3.63, 3.8) is 0 Å². The summed E-state index contributed by atoms with van der Waals surface area (Å²) < 4.78 is 14.3. The second kappa shape index (κ2) is 11.1. The predicted molar refractivity (Wildman–Crippen MR) is 108 cm³/mol. The van der Waals surface area contributed by atoms with Crippen LogP contribution in [0.5, 0.6) is 0 Å². The lowest BCUT2D eigenvalue weighted by Crippen LogP contribution is -2.43.